The van der Waals surface area contributed by atoms with Gasteiger partial charge < -0.3 is 19.5 Å². The van der Waals surface area contributed by atoms with Gasteiger partial charge in [0, 0.05) is 19.3 Å². The summed E-state index contributed by atoms with van der Waals surface area (Å²) in [6.07, 6.45) is 0. The van der Waals surface area contributed by atoms with Crippen molar-refractivity contribution in [1.82, 2.24) is 0 Å². The molecule has 0 spiro atoms. The molecule has 0 fully saturated rings. The molecule has 0 heterocycles. The fraction of sp³-hybridized carbons (Fsp3) is 0.250. The molecule has 0 amide bonds. The molecule has 4 nitrogen and oxygen atoms in total. The zero-order chi connectivity index (χ0) is 15.4. The fourth-order valence-corrected chi connectivity index (χ4v) is 2.31. The summed E-state index contributed by atoms with van der Waals surface area (Å²) in [5.74, 6) is 1.16. The average Bonchev–Trinajstić information content (AvgIpc) is 2.50. The van der Waals surface area contributed by atoms with E-state index >= 15 is 0 Å². The van der Waals surface area contributed by atoms with Crippen LogP contribution in [0.4, 0.5) is 5.69 Å². The maximum absolute atomic E-state index is 9.75. The lowest BCUT2D eigenvalue weighted by molar-refractivity contribution is 0.373. The number of nitrogens with zero attached hydrogens (tertiary/aromatic N) is 1. The van der Waals surface area contributed by atoms with E-state index < -0.39 is 0 Å². The van der Waals surface area contributed by atoms with Crippen LogP contribution >= 0.6 is 11.6 Å². The van der Waals surface area contributed by atoms with Crippen LogP contribution < -0.4 is 14.4 Å². The number of hydrogen-bond acceptors (Lipinski definition) is 4. The van der Waals surface area contributed by atoms with E-state index in [0.29, 0.717) is 12.3 Å². The lowest BCUT2D eigenvalue weighted by atomic mass is 10.1. The highest BCUT2D eigenvalue weighted by atomic mass is 35.5. The Bertz CT molecular complexity index is 614. The van der Waals surface area contributed by atoms with Gasteiger partial charge in [0.1, 0.15) is 5.75 Å². The maximum atomic E-state index is 9.75. The molecule has 21 heavy (non-hydrogen) atoms. The molecular formula is C16H18ClNO3. The predicted molar refractivity (Wildman–Crippen MR) is 84.8 cm³/mol. The molecular weight excluding hydrogens is 290 g/mol. The van der Waals surface area contributed by atoms with Crippen molar-refractivity contribution in [1.29, 1.82) is 0 Å². The highest BCUT2D eigenvalue weighted by Crippen LogP contribution is 2.35. The van der Waals surface area contributed by atoms with Gasteiger partial charge in [0.05, 0.1) is 19.2 Å². The lowest BCUT2D eigenvalue weighted by Gasteiger charge is -2.20. The summed E-state index contributed by atoms with van der Waals surface area (Å²) in [5, 5.41) is 10.0. The van der Waals surface area contributed by atoms with Crippen molar-refractivity contribution in [3.63, 3.8) is 0 Å². The Morgan fingerprint density at radius 1 is 1.10 bits per heavy atom. The first-order chi connectivity index (χ1) is 10.0. The number of anilines is 1. The maximum Gasteiger partial charge on any atom is 0.176 e. The summed E-state index contributed by atoms with van der Waals surface area (Å²) >= 11 is 6.00. The smallest absolute Gasteiger partial charge is 0.176 e. The molecule has 2 aromatic carbocycles. The van der Waals surface area contributed by atoms with Crippen LogP contribution in [0.1, 0.15) is 5.56 Å². The largest absolute Gasteiger partial charge is 0.503 e. The second kappa shape index (κ2) is 6.59. The Morgan fingerprint density at radius 3 is 2.33 bits per heavy atom. The Kier molecular flexibility index (Phi) is 4.81. The van der Waals surface area contributed by atoms with Gasteiger partial charge in [-0.15, -0.1) is 0 Å². The Morgan fingerprint density at radius 2 is 1.76 bits per heavy atom. The highest BCUT2D eigenvalue weighted by molar-refractivity contribution is 6.32. The van der Waals surface area contributed by atoms with Crippen molar-refractivity contribution < 1.29 is 14.6 Å². The molecule has 112 valence electrons. The number of benzene rings is 2. The second-order valence-electron chi connectivity index (χ2n) is 4.68. The third kappa shape index (κ3) is 3.52. The molecule has 0 aromatic heterocycles. The first-order valence-electron chi connectivity index (χ1n) is 6.45. The molecule has 0 saturated carbocycles. The number of phenolic OH excluding ortho intramolecular Hbond substituents is 1. The zero-order valence-corrected chi connectivity index (χ0v) is 13.0. The van der Waals surface area contributed by atoms with E-state index in [9.17, 15) is 5.11 Å². The summed E-state index contributed by atoms with van der Waals surface area (Å²) in [4.78, 5) is 2.07. The molecule has 0 aliphatic carbocycles. The van der Waals surface area contributed by atoms with Crippen LogP contribution in [0.5, 0.6) is 17.2 Å². The van der Waals surface area contributed by atoms with Gasteiger partial charge >= 0.3 is 0 Å². The van der Waals surface area contributed by atoms with Crippen LogP contribution in [0.2, 0.25) is 5.02 Å². The molecule has 2 aromatic rings. The van der Waals surface area contributed by atoms with Crippen LogP contribution in [0, 0.1) is 0 Å². The van der Waals surface area contributed by atoms with E-state index in [1.807, 2.05) is 31.3 Å². The topological polar surface area (TPSA) is 41.9 Å². The number of phenols is 1. The van der Waals surface area contributed by atoms with Crippen LogP contribution in [0.25, 0.3) is 0 Å². The van der Waals surface area contributed by atoms with Gasteiger partial charge in [-0.25, -0.2) is 0 Å². The van der Waals surface area contributed by atoms with E-state index in [1.54, 1.807) is 19.2 Å². The molecule has 5 heteroatoms. The van der Waals surface area contributed by atoms with E-state index in [0.717, 1.165) is 17.0 Å². The van der Waals surface area contributed by atoms with Crippen molar-refractivity contribution in [2.75, 3.05) is 26.2 Å². The Hall–Kier alpha value is -2.07. The third-order valence-electron chi connectivity index (χ3n) is 3.24. The fourth-order valence-electron chi connectivity index (χ4n) is 2.08. The van der Waals surface area contributed by atoms with Crippen molar-refractivity contribution >= 4 is 17.3 Å². The monoisotopic (exact) mass is 307 g/mol. The molecule has 0 saturated heterocycles. The lowest BCUT2D eigenvalue weighted by Crippen LogP contribution is -2.16. The van der Waals surface area contributed by atoms with Crippen LogP contribution in [-0.4, -0.2) is 26.4 Å². The van der Waals surface area contributed by atoms with Gasteiger partial charge in [0.25, 0.3) is 0 Å². The van der Waals surface area contributed by atoms with E-state index in [-0.39, 0.29) is 10.8 Å². The molecule has 0 radical (unpaired) electrons. The second-order valence-corrected chi connectivity index (χ2v) is 5.09. The number of ether oxygens (including phenoxy) is 2. The standard InChI is InChI=1S/C16H18ClNO3/c1-18(12-4-6-13(20-2)7-5-12)10-11-8-14(17)16(19)15(9-11)21-3/h4-9,19H,10H2,1-3H3. The Balaban J connectivity index is 2.18. The summed E-state index contributed by atoms with van der Waals surface area (Å²) in [7, 11) is 5.13. The first-order valence-corrected chi connectivity index (χ1v) is 6.83. The van der Waals surface area contributed by atoms with Gasteiger partial charge in [0.2, 0.25) is 0 Å². The molecule has 0 aliphatic rings. The van der Waals surface area contributed by atoms with Crippen molar-refractivity contribution in [3.8, 4) is 17.2 Å². The number of hydrogen-bond donors (Lipinski definition) is 1. The van der Waals surface area contributed by atoms with Gasteiger partial charge in [-0.2, -0.15) is 0 Å². The van der Waals surface area contributed by atoms with Crippen LogP contribution in [0.3, 0.4) is 0 Å². The zero-order valence-electron chi connectivity index (χ0n) is 12.3. The summed E-state index contributed by atoms with van der Waals surface area (Å²) in [5.41, 5.74) is 2.01. The van der Waals surface area contributed by atoms with Crippen LogP contribution in [0.15, 0.2) is 36.4 Å². The number of aromatic hydroxyl groups is 1. The SMILES string of the molecule is COc1ccc(N(C)Cc2cc(Cl)c(O)c(OC)c2)cc1. The third-order valence-corrected chi connectivity index (χ3v) is 3.53. The molecule has 0 aliphatic heterocycles. The molecule has 0 bridgehead atoms. The summed E-state index contributed by atoms with van der Waals surface area (Å²) in [6, 6.07) is 11.3. The predicted octanol–water partition coefficient (Wildman–Crippen LogP) is 3.70. The van der Waals surface area contributed by atoms with E-state index in [4.69, 9.17) is 21.1 Å². The minimum absolute atomic E-state index is 0.0324. The van der Waals surface area contributed by atoms with Gasteiger partial charge in [0.15, 0.2) is 11.5 Å². The van der Waals surface area contributed by atoms with Gasteiger partial charge in [-0.1, -0.05) is 11.6 Å². The summed E-state index contributed by atoms with van der Waals surface area (Å²) in [6.45, 7) is 0.642. The normalized spacial score (nSPS) is 10.3. The first kappa shape index (κ1) is 15.3. The minimum Gasteiger partial charge on any atom is -0.503 e. The number of rotatable bonds is 5. The Labute approximate surface area is 129 Å². The molecule has 2 rings (SSSR count). The van der Waals surface area contributed by atoms with Gasteiger partial charge in [-0.3, -0.25) is 0 Å². The number of halogens is 1. The van der Waals surface area contributed by atoms with E-state index in [1.165, 1.54) is 7.11 Å². The molecule has 0 atom stereocenters. The number of methoxy groups -OCH3 is 2. The molecule has 1 N–H and O–H groups in total. The summed E-state index contributed by atoms with van der Waals surface area (Å²) < 4.78 is 10.3. The van der Waals surface area contributed by atoms with Crippen molar-refractivity contribution in [2.45, 2.75) is 6.54 Å². The average molecular weight is 308 g/mol. The van der Waals surface area contributed by atoms with Crippen molar-refractivity contribution in [2.24, 2.45) is 0 Å². The van der Waals surface area contributed by atoms with Gasteiger partial charge in [-0.05, 0) is 42.0 Å². The quantitative estimate of drug-likeness (QED) is 0.914. The van der Waals surface area contributed by atoms with E-state index in [2.05, 4.69) is 4.90 Å². The molecule has 0 unspecified atom stereocenters. The highest BCUT2D eigenvalue weighted by Gasteiger charge is 2.10. The van der Waals surface area contributed by atoms with Crippen LogP contribution in [-0.2, 0) is 6.54 Å². The van der Waals surface area contributed by atoms with Crippen molar-refractivity contribution in [3.05, 3.63) is 47.0 Å². The minimum atomic E-state index is -0.0324.